The van der Waals surface area contributed by atoms with Gasteiger partial charge in [-0.1, -0.05) is 24.6 Å². The van der Waals surface area contributed by atoms with Crippen LogP contribution in [0.3, 0.4) is 0 Å². The lowest BCUT2D eigenvalue weighted by Crippen LogP contribution is -2.49. The fourth-order valence-corrected chi connectivity index (χ4v) is 4.18. The predicted octanol–water partition coefficient (Wildman–Crippen LogP) is 1.74. The number of rotatable bonds is 9. The van der Waals surface area contributed by atoms with E-state index in [4.69, 9.17) is 5.73 Å². The van der Waals surface area contributed by atoms with Crippen molar-refractivity contribution in [3.05, 3.63) is 36.0 Å². The van der Waals surface area contributed by atoms with Crippen LogP contribution in [-0.4, -0.2) is 40.2 Å². The molecule has 1 aromatic heterocycles. The van der Waals surface area contributed by atoms with Crippen molar-refractivity contribution in [3.8, 4) is 0 Å². The maximum absolute atomic E-state index is 12.9. The van der Waals surface area contributed by atoms with Crippen molar-refractivity contribution in [1.29, 1.82) is 0 Å². The van der Waals surface area contributed by atoms with E-state index < -0.39 is 17.9 Å². The average molecular weight is 386 g/mol. The molecular formula is C21H30N4O3. The van der Waals surface area contributed by atoms with Gasteiger partial charge in [0.25, 0.3) is 0 Å². The SMILES string of the molecule is Cn1ccc2cccc(CNC(CCCN)C(=O)NC3CCCC3C(=O)O)c21. The first-order chi connectivity index (χ1) is 13.5. The number of fused-ring (bicyclic) bond motifs is 1. The molecule has 7 heteroatoms. The number of amides is 1. The van der Waals surface area contributed by atoms with Crippen molar-refractivity contribution in [2.45, 2.75) is 50.7 Å². The quantitative estimate of drug-likeness (QED) is 0.525. The van der Waals surface area contributed by atoms with Gasteiger partial charge in [-0.05, 0) is 49.2 Å². The molecule has 1 aliphatic carbocycles. The van der Waals surface area contributed by atoms with Crippen LogP contribution in [0.4, 0.5) is 0 Å². The maximum Gasteiger partial charge on any atom is 0.308 e. The second kappa shape index (κ2) is 9.21. The molecule has 1 fully saturated rings. The number of hydrogen-bond acceptors (Lipinski definition) is 4. The Kier molecular flexibility index (Phi) is 6.70. The summed E-state index contributed by atoms with van der Waals surface area (Å²) in [5.41, 5.74) is 7.92. The van der Waals surface area contributed by atoms with Gasteiger partial charge in [0.15, 0.2) is 0 Å². The van der Waals surface area contributed by atoms with Crippen LogP contribution in [0.5, 0.6) is 0 Å². The van der Waals surface area contributed by atoms with Gasteiger partial charge in [0.2, 0.25) is 5.91 Å². The van der Waals surface area contributed by atoms with Crippen LogP contribution in [0.15, 0.2) is 30.5 Å². The molecule has 152 valence electrons. The third-order valence-electron chi connectivity index (χ3n) is 5.69. The van der Waals surface area contributed by atoms with Crippen LogP contribution in [0, 0.1) is 5.92 Å². The van der Waals surface area contributed by atoms with Gasteiger partial charge in [0.1, 0.15) is 0 Å². The van der Waals surface area contributed by atoms with Crippen molar-refractivity contribution < 1.29 is 14.7 Å². The van der Waals surface area contributed by atoms with Gasteiger partial charge in [-0.15, -0.1) is 0 Å². The molecule has 1 heterocycles. The summed E-state index contributed by atoms with van der Waals surface area (Å²) in [5, 5.41) is 16.9. The van der Waals surface area contributed by atoms with Gasteiger partial charge in [0, 0.05) is 25.8 Å². The molecule has 1 saturated carbocycles. The lowest BCUT2D eigenvalue weighted by atomic mass is 10.0. The molecule has 0 radical (unpaired) electrons. The van der Waals surface area contributed by atoms with Gasteiger partial charge in [-0.25, -0.2) is 0 Å². The van der Waals surface area contributed by atoms with E-state index in [9.17, 15) is 14.7 Å². The standard InChI is InChI=1S/C21H30N4O3/c1-25-12-10-14-5-2-6-15(19(14)25)13-23-18(9-4-11-22)20(26)24-17-8-3-7-16(17)21(27)28/h2,5-6,10,12,16-18,23H,3-4,7-9,11,13,22H2,1H3,(H,24,26)(H,27,28). The van der Waals surface area contributed by atoms with Crippen LogP contribution < -0.4 is 16.4 Å². The highest BCUT2D eigenvalue weighted by Gasteiger charge is 2.35. The summed E-state index contributed by atoms with van der Waals surface area (Å²) in [6.07, 6.45) is 5.55. The van der Waals surface area contributed by atoms with Crippen molar-refractivity contribution in [1.82, 2.24) is 15.2 Å². The van der Waals surface area contributed by atoms with Crippen LogP contribution >= 0.6 is 0 Å². The normalized spacial score (nSPS) is 20.4. The number of carboxylic acid groups (broad SMARTS) is 1. The van der Waals surface area contributed by atoms with Crippen LogP contribution in [0.2, 0.25) is 0 Å². The summed E-state index contributed by atoms with van der Waals surface area (Å²) in [6, 6.07) is 7.54. The second-order valence-electron chi connectivity index (χ2n) is 7.64. The molecule has 5 N–H and O–H groups in total. The van der Waals surface area contributed by atoms with E-state index in [0.29, 0.717) is 25.9 Å². The largest absolute Gasteiger partial charge is 0.481 e. The zero-order chi connectivity index (χ0) is 20.1. The molecule has 1 aliphatic rings. The van der Waals surface area contributed by atoms with Crippen LogP contribution in [0.25, 0.3) is 10.9 Å². The lowest BCUT2D eigenvalue weighted by molar-refractivity contribution is -0.142. The predicted molar refractivity (Wildman–Crippen MR) is 109 cm³/mol. The molecule has 0 bridgehead atoms. The van der Waals surface area contributed by atoms with Gasteiger partial charge in [-0.2, -0.15) is 0 Å². The average Bonchev–Trinajstić information content (AvgIpc) is 3.29. The molecule has 0 saturated heterocycles. The number of aryl methyl sites for hydroxylation is 1. The molecule has 3 unspecified atom stereocenters. The number of carbonyl (C=O) groups is 2. The molecule has 3 atom stereocenters. The number of carbonyl (C=O) groups excluding carboxylic acids is 1. The first-order valence-corrected chi connectivity index (χ1v) is 10.0. The van der Waals surface area contributed by atoms with Crippen molar-refractivity contribution in [3.63, 3.8) is 0 Å². The summed E-state index contributed by atoms with van der Waals surface area (Å²) in [6.45, 7) is 1.07. The molecular weight excluding hydrogens is 356 g/mol. The van der Waals surface area contributed by atoms with Gasteiger partial charge >= 0.3 is 5.97 Å². The van der Waals surface area contributed by atoms with Crippen molar-refractivity contribution in [2.75, 3.05) is 6.54 Å². The summed E-state index contributed by atoms with van der Waals surface area (Å²) in [5.74, 6) is -1.45. The summed E-state index contributed by atoms with van der Waals surface area (Å²) < 4.78 is 2.08. The minimum atomic E-state index is -0.829. The van der Waals surface area contributed by atoms with Crippen LogP contribution in [0.1, 0.15) is 37.7 Å². The molecule has 1 aromatic carbocycles. The third-order valence-corrected chi connectivity index (χ3v) is 5.69. The number of benzene rings is 1. The number of nitrogens with zero attached hydrogens (tertiary/aromatic N) is 1. The van der Waals surface area contributed by atoms with Gasteiger partial charge < -0.3 is 26.0 Å². The second-order valence-corrected chi connectivity index (χ2v) is 7.64. The molecule has 7 nitrogen and oxygen atoms in total. The molecule has 1 amide bonds. The number of para-hydroxylation sites is 1. The highest BCUT2D eigenvalue weighted by atomic mass is 16.4. The summed E-state index contributed by atoms with van der Waals surface area (Å²) >= 11 is 0. The van der Waals surface area contributed by atoms with E-state index in [1.807, 2.05) is 19.3 Å². The molecule has 0 aliphatic heterocycles. The zero-order valence-electron chi connectivity index (χ0n) is 16.4. The van der Waals surface area contributed by atoms with Gasteiger partial charge in [-0.3, -0.25) is 9.59 Å². The first-order valence-electron chi connectivity index (χ1n) is 10.0. The summed E-state index contributed by atoms with van der Waals surface area (Å²) in [7, 11) is 2.01. The number of nitrogens with two attached hydrogens (primary N) is 1. The monoisotopic (exact) mass is 386 g/mol. The molecule has 3 rings (SSSR count). The number of nitrogens with one attached hydrogen (secondary N) is 2. The smallest absolute Gasteiger partial charge is 0.308 e. The Hall–Kier alpha value is -2.38. The van der Waals surface area contributed by atoms with Crippen molar-refractivity contribution in [2.24, 2.45) is 18.7 Å². The minimum Gasteiger partial charge on any atom is -0.481 e. The number of hydrogen-bond donors (Lipinski definition) is 4. The third kappa shape index (κ3) is 4.54. The highest BCUT2D eigenvalue weighted by Crippen LogP contribution is 2.26. The Morgan fingerprint density at radius 3 is 2.89 bits per heavy atom. The number of carboxylic acids is 1. The number of aromatic nitrogens is 1. The Balaban J connectivity index is 1.68. The maximum atomic E-state index is 12.9. The Morgan fingerprint density at radius 1 is 1.32 bits per heavy atom. The van der Waals surface area contributed by atoms with E-state index in [0.717, 1.165) is 30.3 Å². The Morgan fingerprint density at radius 2 is 2.14 bits per heavy atom. The van der Waals surface area contributed by atoms with E-state index in [-0.39, 0.29) is 11.9 Å². The topological polar surface area (TPSA) is 109 Å². The fraction of sp³-hybridized carbons (Fsp3) is 0.524. The van der Waals surface area contributed by atoms with E-state index in [1.54, 1.807) is 0 Å². The Labute approximate surface area is 165 Å². The minimum absolute atomic E-state index is 0.134. The van der Waals surface area contributed by atoms with E-state index in [2.05, 4.69) is 33.4 Å². The molecule has 2 aromatic rings. The summed E-state index contributed by atoms with van der Waals surface area (Å²) in [4.78, 5) is 24.3. The molecule has 28 heavy (non-hydrogen) atoms. The van der Waals surface area contributed by atoms with Gasteiger partial charge in [0.05, 0.1) is 17.5 Å². The van der Waals surface area contributed by atoms with E-state index >= 15 is 0 Å². The first kappa shape index (κ1) is 20.4. The zero-order valence-corrected chi connectivity index (χ0v) is 16.4. The lowest BCUT2D eigenvalue weighted by Gasteiger charge is -2.23. The van der Waals surface area contributed by atoms with E-state index in [1.165, 1.54) is 5.39 Å². The highest BCUT2D eigenvalue weighted by molar-refractivity contribution is 5.84. The fourth-order valence-electron chi connectivity index (χ4n) is 4.18. The van der Waals surface area contributed by atoms with Crippen molar-refractivity contribution >= 4 is 22.8 Å². The number of aliphatic carboxylic acids is 1. The molecule has 0 spiro atoms. The van der Waals surface area contributed by atoms with Crippen LogP contribution in [-0.2, 0) is 23.2 Å². The Bertz CT molecular complexity index is 832.